The molecule has 0 atom stereocenters. The minimum Gasteiger partial charge on any atom is -0.279 e. The van der Waals surface area contributed by atoms with Gasteiger partial charge < -0.3 is 0 Å². The molecule has 0 spiro atoms. The lowest BCUT2D eigenvalue weighted by atomic mass is 10.1. The van der Waals surface area contributed by atoms with Crippen molar-refractivity contribution in [1.82, 2.24) is 0 Å². The van der Waals surface area contributed by atoms with Crippen LogP contribution in [0.2, 0.25) is 0 Å². The highest BCUT2D eigenvalue weighted by atomic mass is 16.1. The highest BCUT2D eigenvalue weighted by Gasteiger charge is 2.02. The first-order valence-electron chi connectivity index (χ1n) is 7.48. The van der Waals surface area contributed by atoms with Gasteiger partial charge in [-0.2, -0.15) is 0 Å². The highest BCUT2D eigenvalue weighted by molar-refractivity contribution is 6.10. The molecule has 116 valence electrons. The Morgan fingerprint density at radius 1 is 0.625 bits per heavy atom. The summed E-state index contributed by atoms with van der Waals surface area (Å²) in [5.74, 6) is 10.2. The number of Topliss-reactive ketones (excluding diaryl/α,β-unsaturated/α-hetero) is 2. The van der Waals surface area contributed by atoms with Crippen LogP contribution in [0.15, 0.2) is 71.8 Å². The molecule has 0 aliphatic carbocycles. The lowest BCUT2D eigenvalue weighted by molar-refractivity contribution is 0.104. The van der Waals surface area contributed by atoms with Crippen LogP contribution in [0.1, 0.15) is 34.6 Å². The molecule has 24 heavy (non-hydrogen) atoms. The van der Waals surface area contributed by atoms with E-state index in [4.69, 9.17) is 0 Å². The average Bonchev–Trinajstić information content (AvgIpc) is 2.62. The van der Waals surface area contributed by atoms with Gasteiger partial charge in [0.05, 0.1) is 5.57 Å². The Balaban J connectivity index is 2.21. The van der Waals surface area contributed by atoms with Crippen molar-refractivity contribution in [2.24, 2.45) is 0 Å². The number of rotatable bonds is 2. The second kappa shape index (κ2) is 8.32. The number of carbonyl (C=O) groups is 2. The van der Waals surface area contributed by atoms with Gasteiger partial charge in [-0.3, -0.25) is 9.59 Å². The van der Waals surface area contributed by atoms with Crippen LogP contribution in [0.5, 0.6) is 0 Å². The van der Waals surface area contributed by atoms with Crippen LogP contribution in [0, 0.1) is 23.7 Å². The number of carbonyl (C=O) groups excluding carboxylic acids is 2. The third-order valence-electron chi connectivity index (χ3n) is 3.17. The zero-order valence-corrected chi connectivity index (χ0v) is 13.6. The van der Waals surface area contributed by atoms with Crippen LogP contribution >= 0.6 is 0 Å². The van der Waals surface area contributed by atoms with Gasteiger partial charge in [-0.25, -0.2) is 0 Å². The van der Waals surface area contributed by atoms with Crippen molar-refractivity contribution in [3.05, 3.63) is 82.9 Å². The first kappa shape index (κ1) is 17.0. The van der Waals surface area contributed by atoms with Crippen molar-refractivity contribution < 1.29 is 9.59 Å². The maximum absolute atomic E-state index is 12.0. The summed E-state index contributed by atoms with van der Waals surface area (Å²) >= 11 is 0. The first-order valence-corrected chi connectivity index (χ1v) is 7.48. The van der Waals surface area contributed by atoms with Gasteiger partial charge in [0.1, 0.15) is 0 Å². The number of hydrogen-bond acceptors (Lipinski definition) is 2. The Bertz CT molecular complexity index is 821. The third kappa shape index (κ3) is 4.83. The summed E-state index contributed by atoms with van der Waals surface area (Å²) in [5, 5.41) is 0. The van der Waals surface area contributed by atoms with Crippen LogP contribution in [0.25, 0.3) is 0 Å². The molecule has 0 unspecified atom stereocenters. The van der Waals surface area contributed by atoms with Crippen LogP contribution in [0.3, 0.4) is 0 Å². The average molecular weight is 312 g/mol. The zero-order chi connectivity index (χ0) is 17.4. The molecule has 0 saturated carbocycles. The first-order chi connectivity index (χ1) is 11.6. The third-order valence-corrected chi connectivity index (χ3v) is 3.17. The normalized spacial score (nSPS) is 8.92. The van der Waals surface area contributed by atoms with Crippen molar-refractivity contribution in [3.8, 4) is 23.7 Å². The maximum atomic E-state index is 12.0. The van der Waals surface area contributed by atoms with E-state index in [2.05, 4.69) is 23.7 Å². The molecular formula is C22H16O2. The van der Waals surface area contributed by atoms with E-state index in [1.807, 2.05) is 26.0 Å². The minimum atomic E-state index is -0.273. The predicted octanol–water partition coefficient (Wildman–Crippen LogP) is 4.10. The Labute approximate surface area is 142 Å². The van der Waals surface area contributed by atoms with Crippen LogP contribution in [-0.4, -0.2) is 11.6 Å². The summed E-state index contributed by atoms with van der Waals surface area (Å²) in [6.07, 6.45) is 0. The fraction of sp³-hybridized carbons (Fsp3) is 0.0909. The predicted molar refractivity (Wildman–Crippen MR) is 95.5 cm³/mol. The quantitative estimate of drug-likeness (QED) is 0.475. The van der Waals surface area contributed by atoms with E-state index >= 15 is 0 Å². The molecule has 0 fully saturated rings. The molecule has 0 aromatic heterocycles. The summed E-state index contributed by atoms with van der Waals surface area (Å²) in [7, 11) is 0. The van der Waals surface area contributed by atoms with Crippen molar-refractivity contribution in [1.29, 1.82) is 0 Å². The molecule has 0 saturated heterocycles. The fourth-order valence-electron chi connectivity index (χ4n) is 1.84. The second-order valence-corrected chi connectivity index (χ2v) is 5.27. The van der Waals surface area contributed by atoms with Crippen LogP contribution in [-0.2, 0) is 0 Å². The van der Waals surface area contributed by atoms with Gasteiger partial charge in [0.15, 0.2) is 0 Å². The minimum absolute atomic E-state index is 0.273. The number of allylic oxidation sites excluding steroid dienone is 2. The summed E-state index contributed by atoms with van der Waals surface area (Å²) < 4.78 is 0. The summed E-state index contributed by atoms with van der Waals surface area (Å²) in [6, 6.07) is 17.7. The van der Waals surface area contributed by atoms with E-state index in [0.29, 0.717) is 16.7 Å². The molecule has 0 heterocycles. The van der Waals surface area contributed by atoms with E-state index in [-0.39, 0.29) is 11.6 Å². The van der Waals surface area contributed by atoms with Crippen molar-refractivity contribution in [2.45, 2.75) is 13.8 Å². The smallest absolute Gasteiger partial charge is 0.236 e. The largest absolute Gasteiger partial charge is 0.279 e. The Morgan fingerprint density at radius 2 is 1.00 bits per heavy atom. The SMILES string of the molecule is CC(C)=C(C#CC(=O)c1ccccc1)C#CC(=O)c1ccccc1. The number of hydrogen-bond donors (Lipinski definition) is 0. The standard InChI is InChI=1S/C22H16O2/c1-17(2)18(13-15-21(23)19-9-5-3-6-10-19)14-16-22(24)20-11-7-4-8-12-20/h3-12H,1-2H3. The zero-order valence-electron chi connectivity index (χ0n) is 13.6. The van der Waals surface area contributed by atoms with Gasteiger partial charge in [0, 0.05) is 11.1 Å². The fourth-order valence-corrected chi connectivity index (χ4v) is 1.84. The van der Waals surface area contributed by atoms with Crippen LogP contribution in [0.4, 0.5) is 0 Å². The number of benzene rings is 2. The van der Waals surface area contributed by atoms with Gasteiger partial charge in [0.2, 0.25) is 11.6 Å². The van der Waals surface area contributed by atoms with E-state index < -0.39 is 0 Å². The molecule has 2 heteroatoms. The van der Waals surface area contributed by atoms with E-state index in [9.17, 15) is 9.59 Å². The van der Waals surface area contributed by atoms with Crippen molar-refractivity contribution in [3.63, 3.8) is 0 Å². The molecule has 0 aliphatic rings. The van der Waals surface area contributed by atoms with E-state index in [1.54, 1.807) is 48.5 Å². The summed E-state index contributed by atoms with van der Waals surface area (Å²) in [5.41, 5.74) is 2.41. The highest BCUT2D eigenvalue weighted by Crippen LogP contribution is 2.04. The molecule has 0 bridgehead atoms. The Morgan fingerprint density at radius 3 is 1.33 bits per heavy atom. The maximum Gasteiger partial charge on any atom is 0.236 e. The van der Waals surface area contributed by atoms with Crippen molar-refractivity contribution in [2.75, 3.05) is 0 Å². The molecule has 0 radical (unpaired) electrons. The molecule has 2 aromatic rings. The topological polar surface area (TPSA) is 34.1 Å². The van der Waals surface area contributed by atoms with Gasteiger partial charge >= 0.3 is 0 Å². The molecule has 2 rings (SSSR count). The summed E-state index contributed by atoms with van der Waals surface area (Å²) in [4.78, 5) is 24.0. The molecular weight excluding hydrogens is 296 g/mol. The lowest BCUT2D eigenvalue weighted by Crippen LogP contribution is -1.95. The summed E-state index contributed by atoms with van der Waals surface area (Å²) in [6.45, 7) is 3.69. The molecule has 0 aliphatic heterocycles. The molecule has 0 amide bonds. The van der Waals surface area contributed by atoms with Gasteiger partial charge in [0.25, 0.3) is 0 Å². The van der Waals surface area contributed by atoms with E-state index in [1.165, 1.54) is 0 Å². The second-order valence-electron chi connectivity index (χ2n) is 5.27. The Kier molecular flexibility index (Phi) is 5.89. The van der Waals surface area contributed by atoms with Gasteiger partial charge in [-0.15, -0.1) is 0 Å². The van der Waals surface area contributed by atoms with Gasteiger partial charge in [-0.1, -0.05) is 66.2 Å². The molecule has 2 nitrogen and oxygen atoms in total. The Hall–Kier alpha value is -3.36. The van der Waals surface area contributed by atoms with Crippen LogP contribution < -0.4 is 0 Å². The molecule has 0 N–H and O–H groups in total. The van der Waals surface area contributed by atoms with E-state index in [0.717, 1.165) is 5.57 Å². The lowest BCUT2D eigenvalue weighted by Gasteiger charge is -1.94. The monoisotopic (exact) mass is 312 g/mol. The van der Waals surface area contributed by atoms with Crippen molar-refractivity contribution >= 4 is 11.6 Å². The van der Waals surface area contributed by atoms with Gasteiger partial charge in [-0.05, 0) is 37.5 Å². The number of ketones is 2. The molecule has 2 aromatic carbocycles.